The minimum Gasteiger partial charge on any atom is -0.468 e. The van der Waals surface area contributed by atoms with Crippen LogP contribution in [-0.2, 0) is 9.53 Å². The Bertz CT molecular complexity index is 242. The molecule has 0 spiro atoms. The van der Waals surface area contributed by atoms with Crippen molar-refractivity contribution in [1.82, 2.24) is 5.32 Å². The second-order valence-electron chi connectivity index (χ2n) is 5.04. The zero-order chi connectivity index (χ0) is 12.2. The van der Waals surface area contributed by atoms with Gasteiger partial charge in [0.25, 0.3) is 0 Å². The van der Waals surface area contributed by atoms with Crippen LogP contribution in [0.25, 0.3) is 0 Å². The first-order valence-corrected chi connectivity index (χ1v) is 6.44. The summed E-state index contributed by atoms with van der Waals surface area (Å²) in [6.45, 7) is 6.46. The molecule has 94 valence electrons. The highest BCUT2D eigenvalue weighted by atomic mass is 16.5. The number of ether oxygens (including phenoxy) is 1. The van der Waals surface area contributed by atoms with Gasteiger partial charge in [-0.25, -0.2) is 0 Å². The molecule has 16 heavy (non-hydrogen) atoms. The SMILES string of the molecule is CCC1CCC(NC(C)CC)(C(=O)OC)C1. The molecule has 1 N–H and O–H groups in total. The van der Waals surface area contributed by atoms with Gasteiger partial charge in [0.2, 0.25) is 0 Å². The van der Waals surface area contributed by atoms with Crippen LogP contribution in [0.2, 0.25) is 0 Å². The maximum atomic E-state index is 12.0. The van der Waals surface area contributed by atoms with Crippen molar-refractivity contribution >= 4 is 5.97 Å². The Morgan fingerprint density at radius 3 is 2.69 bits per heavy atom. The predicted octanol–water partition coefficient (Wildman–Crippen LogP) is 2.50. The van der Waals surface area contributed by atoms with E-state index in [2.05, 4.69) is 26.1 Å². The topological polar surface area (TPSA) is 38.3 Å². The van der Waals surface area contributed by atoms with Crippen molar-refractivity contribution in [3.8, 4) is 0 Å². The third-order valence-corrected chi connectivity index (χ3v) is 3.91. The largest absolute Gasteiger partial charge is 0.468 e. The lowest BCUT2D eigenvalue weighted by Crippen LogP contribution is -2.54. The molecule has 3 atom stereocenters. The molecule has 3 nitrogen and oxygen atoms in total. The Morgan fingerprint density at radius 2 is 2.25 bits per heavy atom. The number of carbonyl (C=O) groups is 1. The van der Waals surface area contributed by atoms with E-state index in [1.54, 1.807) is 0 Å². The summed E-state index contributed by atoms with van der Waals surface area (Å²) in [5, 5.41) is 3.48. The number of nitrogens with one attached hydrogen (secondary N) is 1. The van der Waals surface area contributed by atoms with Gasteiger partial charge in [-0.05, 0) is 38.5 Å². The van der Waals surface area contributed by atoms with Crippen molar-refractivity contribution < 1.29 is 9.53 Å². The van der Waals surface area contributed by atoms with Crippen molar-refractivity contribution in [2.24, 2.45) is 5.92 Å². The Balaban J connectivity index is 2.74. The summed E-state index contributed by atoms with van der Waals surface area (Å²) in [5.74, 6) is 0.583. The third-order valence-electron chi connectivity index (χ3n) is 3.91. The zero-order valence-corrected chi connectivity index (χ0v) is 11.0. The van der Waals surface area contributed by atoms with Gasteiger partial charge in [-0.15, -0.1) is 0 Å². The Hall–Kier alpha value is -0.570. The average Bonchev–Trinajstić information content (AvgIpc) is 2.72. The summed E-state index contributed by atoms with van der Waals surface area (Å²) in [6.07, 6.45) is 5.18. The summed E-state index contributed by atoms with van der Waals surface area (Å²) in [4.78, 5) is 12.0. The van der Waals surface area contributed by atoms with E-state index in [0.717, 1.165) is 32.1 Å². The van der Waals surface area contributed by atoms with Gasteiger partial charge < -0.3 is 4.74 Å². The van der Waals surface area contributed by atoms with E-state index in [-0.39, 0.29) is 5.97 Å². The molecule has 0 aromatic heterocycles. The van der Waals surface area contributed by atoms with Gasteiger partial charge in [0.1, 0.15) is 5.54 Å². The molecule has 0 saturated heterocycles. The van der Waals surface area contributed by atoms with E-state index < -0.39 is 5.54 Å². The third kappa shape index (κ3) is 2.76. The van der Waals surface area contributed by atoms with Gasteiger partial charge in [0.05, 0.1) is 7.11 Å². The van der Waals surface area contributed by atoms with Gasteiger partial charge in [-0.2, -0.15) is 0 Å². The molecule has 1 aliphatic rings. The Morgan fingerprint density at radius 1 is 1.56 bits per heavy atom. The van der Waals surface area contributed by atoms with Gasteiger partial charge in [0.15, 0.2) is 0 Å². The average molecular weight is 227 g/mol. The second-order valence-corrected chi connectivity index (χ2v) is 5.04. The molecular formula is C13H25NO2. The second kappa shape index (κ2) is 5.67. The molecule has 0 aliphatic heterocycles. The lowest BCUT2D eigenvalue weighted by molar-refractivity contribution is -0.149. The minimum atomic E-state index is -0.412. The standard InChI is InChI=1S/C13H25NO2/c1-5-10(3)14-13(12(15)16-4)8-7-11(6-2)9-13/h10-11,14H,5-9H2,1-4H3. The highest BCUT2D eigenvalue weighted by Crippen LogP contribution is 2.37. The summed E-state index contributed by atoms with van der Waals surface area (Å²) in [5.41, 5.74) is -0.412. The van der Waals surface area contributed by atoms with Crippen LogP contribution in [0, 0.1) is 5.92 Å². The molecule has 0 radical (unpaired) electrons. The van der Waals surface area contributed by atoms with E-state index in [1.807, 2.05) is 0 Å². The summed E-state index contributed by atoms with van der Waals surface area (Å²) in [6, 6.07) is 0.370. The molecule has 0 aromatic rings. The van der Waals surface area contributed by atoms with E-state index in [9.17, 15) is 4.79 Å². The van der Waals surface area contributed by atoms with Crippen LogP contribution < -0.4 is 5.32 Å². The smallest absolute Gasteiger partial charge is 0.326 e. The Labute approximate surface area is 98.9 Å². The maximum absolute atomic E-state index is 12.0. The zero-order valence-electron chi connectivity index (χ0n) is 11.0. The quantitative estimate of drug-likeness (QED) is 0.733. The van der Waals surface area contributed by atoms with E-state index >= 15 is 0 Å². The summed E-state index contributed by atoms with van der Waals surface area (Å²) >= 11 is 0. The monoisotopic (exact) mass is 227 g/mol. The molecule has 0 aromatic carbocycles. The molecular weight excluding hydrogens is 202 g/mol. The fourth-order valence-electron chi connectivity index (χ4n) is 2.64. The molecule has 1 fully saturated rings. The molecule has 0 heterocycles. The van der Waals surface area contributed by atoms with Gasteiger partial charge >= 0.3 is 5.97 Å². The molecule has 1 saturated carbocycles. The van der Waals surface area contributed by atoms with Crippen molar-refractivity contribution in [1.29, 1.82) is 0 Å². The Kier molecular flexibility index (Phi) is 4.78. The number of esters is 1. The molecule has 0 amide bonds. The normalized spacial score (nSPS) is 31.4. The van der Waals surface area contributed by atoms with E-state index in [4.69, 9.17) is 4.74 Å². The first kappa shape index (κ1) is 13.5. The summed E-state index contributed by atoms with van der Waals surface area (Å²) < 4.78 is 4.97. The van der Waals surface area contributed by atoms with E-state index in [1.165, 1.54) is 7.11 Å². The van der Waals surface area contributed by atoms with Crippen molar-refractivity contribution in [2.75, 3.05) is 7.11 Å². The predicted molar refractivity (Wildman–Crippen MR) is 65.3 cm³/mol. The molecule has 3 unspecified atom stereocenters. The lowest BCUT2D eigenvalue weighted by Gasteiger charge is -2.31. The van der Waals surface area contributed by atoms with E-state index in [0.29, 0.717) is 12.0 Å². The van der Waals surface area contributed by atoms with Crippen LogP contribution in [0.1, 0.15) is 52.9 Å². The number of rotatable bonds is 5. The van der Waals surface area contributed by atoms with Crippen molar-refractivity contribution in [2.45, 2.75) is 64.5 Å². The highest BCUT2D eigenvalue weighted by Gasteiger charge is 2.46. The van der Waals surface area contributed by atoms with Crippen molar-refractivity contribution in [3.63, 3.8) is 0 Å². The molecule has 0 bridgehead atoms. The number of methoxy groups -OCH3 is 1. The van der Waals surface area contributed by atoms with Gasteiger partial charge in [-0.3, -0.25) is 10.1 Å². The van der Waals surface area contributed by atoms with Crippen molar-refractivity contribution in [3.05, 3.63) is 0 Å². The first-order chi connectivity index (χ1) is 7.57. The summed E-state index contributed by atoms with van der Waals surface area (Å²) in [7, 11) is 1.49. The highest BCUT2D eigenvalue weighted by molar-refractivity contribution is 5.81. The fraction of sp³-hybridized carbons (Fsp3) is 0.923. The number of hydrogen-bond donors (Lipinski definition) is 1. The molecule has 3 heteroatoms. The van der Waals surface area contributed by atoms with Crippen LogP contribution in [0.15, 0.2) is 0 Å². The number of carbonyl (C=O) groups excluding carboxylic acids is 1. The van der Waals surface area contributed by atoms with Gasteiger partial charge in [0, 0.05) is 6.04 Å². The maximum Gasteiger partial charge on any atom is 0.326 e. The van der Waals surface area contributed by atoms with Crippen LogP contribution in [-0.4, -0.2) is 24.7 Å². The fourth-order valence-corrected chi connectivity index (χ4v) is 2.64. The molecule has 1 rings (SSSR count). The van der Waals surface area contributed by atoms with Crippen LogP contribution in [0.5, 0.6) is 0 Å². The minimum absolute atomic E-state index is 0.0799. The van der Waals surface area contributed by atoms with Crippen LogP contribution >= 0.6 is 0 Å². The van der Waals surface area contributed by atoms with Gasteiger partial charge in [-0.1, -0.05) is 20.3 Å². The first-order valence-electron chi connectivity index (χ1n) is 6.44. The van der Waals surface area contributed by atoms with Crippen LogP contribution in [0.4, 0.5) is 0 Å². The lowest BCUT2D eigenvalue weighted by atomic mass is 9.93. The molecule has 1 aliphatic carbocycles. The number of hydrogen-bond acceptors (Lipinski definition) is 3. The van der Waals surface area contributed by atoms with Crippen LogP contribution in [0.3, 0.4) is 0 Å².